The van der Waals surface area contributed by atoms with Crippen molar-refractivity contribution in [2.45, 2.75) is 17.4 Å². The molecule has 136 valence electrons. The average Bonchev–Trinajstić information content (AvgIpc) is 2.59. The number of carbonyl (C=O) groups is 3. The molecule has 0 aliphatic heterocycles. The Bertz CT molecular complexity index is 932. The maximum atomic E-state index is 12.6. The Morgan fingerprint density at radius 3 is 1.85 bits per heavy atom. The van der Waals surface area contributed by atoms with Gasteiger partial charge in [0.2, 0.25) is 5.78 Å². The van der Waals surface area contributed by atoms with Crippen molar-refractivity contribution < 1.29 is 37.2 Å². The molecule has 0 saturated carbocycles. The molecular weight excluding hydrogens is 364 g/mol. The molecule has 0 amide bonds. The van der Waals surface area contributed by atoms with Crippen molar-refractivity contribution in [3.05, 3.63) is 65.7 Å². The molecule has 0 heterocycles. The fourth-order valence-corrected chi connectivity index (χ4v) is 3.22. The quantitative estimate of drug-likeness (QED) is 0.420. The number of rotatable bonds is 7. The van der Waals surface area contributed by atoms with Crippen LogP contribution in [-0.2, 0) is 23.9 Å². The molecule has 2 aromatic rings. The van der Waals surface area contributed by atoms with Crippen LogP contribution in [0.2, 0.25) is 0 Å². The summed E-state index contributed by atoms with van der Waals surface area (Å²) >= 11 is 0. The second-order valence-electron chi connectivity index (χ2n) is 5.34. The van der Waals surface area contributed by atoms with Crippen molar-refractivity contribution in [1.29, 1.82) is 0 Å². The molecule has 0 radical (unpaired) electrons. The summed E-state index contributed by atoms with van der Waals surface area (Å²) in [5, 5.41) is 18.8. The fourth-order valence-electron chi connectivity index (χ4n) is 2.11. The Hall–Kier alpha value is -3.04. The first-order valence-corrected chi connectivity index (χ1v) is 8.61. The molecule has 0 unspecified atom stereocenters. The van der Waals surface area contributed by atoms with Gasteiger partial charge in [0.1, 0.15) is 0 Å². The zero-order valence-electron chi connectivity index (χ0n) is 13.4. The number of carbonyl (C=O) groups excluding carboxylic acids is 1. The van der Waals surface area contributed by atoms with Gasteiger partial charge in [0.25, 0.3) is 10.1 Å². The van der Waals surface area contributed by atoms with Crippen molar-refractivity contribution in [3.63, 3.8) is 0 Å². The first-order chi connectivity index (χ1) is 12.1. The smallest absolute Gasteiger partial charge is 0.357 e. The van der Waals surface area contributed by atoms with Crippen LogP contribution in [0.15, 0.2) is 59.5 Å². The first kappa shape index (κ1) is 19.3. The van der Waals surface area contributed by atoms with Crippen LogP contribution in [0.1, 0.15) is 15.9 Å². The zero-order valence-corrected chi connectivity index (χ0v) is 14.3. The highest BCUT2D eigenvalue weighted by Crippen LogP contribution is 2.26. The normalized spacial score (nSPS) is 11.7. The predicted octanol–water partition coefficient (Wildman–Crippen LogP) is 1.49. The van der Waals surface area contributed by atoms with Crippen molar-refractivity contribution in [2.75, 3.05) is 0 Å². The minimum atomic E-state index is -4.86. The van der Waals surface area contributed by atoms with E-state index in [1.54, 1.807) is 6.92 Å². The van der Waals surface area contributed by atoms with E-state index in [4.69, 9.17) is 0 Å². The molecular formula is C17H14O8S. The molecule has 26 heavy (non-hydrogen) atoms. The van der Waals surface area contributed by atoms with E-state index < -0.39 is 38.3 Å². The number of Topliss-reactive ketones (excluding diaryl/α,β-unsaturated/α-hetero) is 1. The third kappa shape index (κ3) is 3.48. The molecule has 9 heteroatoms. The molecule has 8 nitrogen and oxygen atoms in total. The van der Waals surface area contributed by atoms with E-state index in [1.807, 2.05) is 0 Å². The summed E-state index contributed by atoms with van der Waals surface area (Å²) in [6, 6.07) is 11.6. The van der Waals surface area contributed by atoms with Gasteiger partial charge in [-0.3, -0.25) is 4.79 Å². The second kappa shape index (κ2) is 7.06. The van der Waals surface area contributed by atoms with E-state index in [0.717, 1.165) is 24.3 Å². The van der Waals surface area contributed by atoms with Gasteiger partial charge in [-0.15, -0.1) is 0 Å². The molecule has 0 spiro atoms. The van der Waals surface area contributed by atoms with Crippen LogP contribution in [0.25, 0.3) is 0 Å². The Morgan fingerprint density at radius 2 is 1.38 bits per heavy atom. The molecule has 2 rings (SSSR count). The highest BCUT2D eigenvalue weighted by atomic mass is 32.2. The van der Waals surface area contributed by atoms with Crippen LogP contribution in [-0.4, -0.2) is 42.0 Å². The maximum Gasteiger partial charge on any atom is 0.357 e. The van der Waals surface area contributed by atoms with E-state index in [-0.39, 0.29) is 5.56 Å². The lowest BCUT2D eigenvalue weighted by Gasteiger charge is -2.23. The number of hydrogen-bond acceptors (Lipinski definition) is 6. The largest absolute Gasteiger partial charge is 0.478 e. The third-order valence-electron chi connectivity index (χ3n) is 3.50. The van der Waals surface area contributed by atoms with E-state index in [9.17, 15) is 33.0 Å². The van der Waals surface area contributed by atoms with Gasteiger partial charge >= 0.3 is 17.5 Å². The van der Waals surface area contributed by atoms with Crippen LogP contribution in [0, 0.1) is 6.92 Å². The molecule has 0 saturated heterocycles. The zero-order chi connectivity index (χ0) is 19.5. The van der Waals surface area contributed by atoms with Gasteiger partial charge in [-0.2, -0.15) is 8.42 Å². The topological polar surface area (TPSA) is 135 Å². The van der Waals surface area contributed by atoms with Gasteiger partial charge < -0.3 is 10.2 Å². The number of aliphatic carboxylic acids is 2. The first-order valence-electron chi connectivity index (χ1n) is 7.20. The summed E-state index contributed by atoms with van der Waals surface area (Å²) in [5.74, 6) is -6.03. The van der Waals surface area contributed by atoms with Gasteiger partial charge in [0, 0.05) is 5.56 Å². The van der Waals surface area contributed by atoms with Crippen LogP contribution in [0.4, 0.5) is 0 Å². The van der Waals surface area contributed by atoms with Gasteiger partial charge in [-0.25, -0.2) is 13.8 Å². The summed E-state index contributed by atoms with van der Waals surface area (Å²) in [7, 11) is -4.86. The monoisotopic (exact) mass is 378 g/mol. The number of aryl methyl sites for hydroxylation is 1. The van der Waals surface area contributed by atoms with Crippen LogP contribution < -0.4 is 0 Å². The molecule has 0 aliphatic rings. The molecule has 0 fully saturated rings. The maximum absolute atomic E-state index is 12.6. The van der Waals surface area contributed by atoms with Crippen molar-refractivity contribution in [3.8, 4) is 0 Å². The van der Waals surface area contributed by atoms with E-state index >= 15 is 0 Å². The third-order valence-corrected chi connectivity index (χ3v) is 4.82. The lowest BCUT2D eigenvalue weighted by molar-refractivity contribution is -0.166. The summed E-state index contributed by atoms with van der Waals surface area (Å²) in [6.45, 7) is 1.69. The van der Waals surface area contributed by atoms with Gasteiger partial charge in [-0.1, -0.05) is 48.0 Å². The summed E-state index contributed by atoms with van der Waals surface area (Å²) < 4.78 is 29.3. The number of benzene rings is 2. The molecule has 0 bridgehead atoms. The summed E-state index contributed by atoms with van der Waals surface area (Å²) in [6.07, 6.45) is 0. The number of ketones is 1. The number of hydrogen-bond donors (Lipinski definition) is 2. The van der Waals surface area contributed by atoms with Crippen LogP contribution >= 0.6 is 0 Å². The molecule has 2 aromatic carbocycles. The van der Waals surface area contributed by atoms with E-state index in [2.05, 4.69) is 4.18 Å². The van der Waals surface area contributed by atoms with Gasteiger partial charge in [0.15, 0.2) is 0 Å². The number of carboxylic acids is 2. The van der Waals surface area contributed by atoms with Crippen LogP contribution in [0.5, 0.6) is 0 Å². The van der Waals surface area contributed by atoms with E-state index in [1.165, 1.54) is 30.3 Å². The van der Waals surface area contributed by atoms with Crippen molar-refractivity contribution in [2.24, 2.45) is 0 Å². The highest BCUT2D eigenvalue weighted by molar-refractivity contribution is 7.86. The SMILES string of the molecule is Cc1ccc(S(=O)(=O)OC(C(=O)O)(C(=O)O)C(=O)c2ccccc2)cc1. The average molecular weight is 378 g/mol. The molecule has 0 aliphatic carbocycles. The molecule has 0 aromatic heterocycles. The Kier molecular flexibility index (Phi) is 5.24. The minimum absolute atomic E-state index is 0.323. The standard InChI is InChI=1S/C17H14O8S/c1-11-7-9-13(10-8-11)26(23,24)25-17(15(19)20,16(21)22)14(18)12-5-3-2-4-6-12/h2-10H,1H3,(H,19,20)(H,21,22). The van der Waals surface area contributed by atoms with Gasteiger partial charge in [-0.05, 0) is 19.1 Å². The second-order valence-corrected chi connectivity index (χ2v) is 6.88. The lowest BCUT2D eigenvalue weighted by Crippen LogP contribution is -2.56. The number of carboxylic acid groups (broad SMARTS) is 2. The van der Waals surface area contributed by atoms with Crippen LogP contribution in [0.3, 0.4) is 0 Å². The Morgan fingerprint density at radius 1 is 0.885 bits per heavy atom. The van der Waals surface area contributed by atoms with Crippen molar-refractivity contribution >= 4 is 27.8 Å². The van der Waals surface area contributed by atoms with E-state index in [0.29, 0.717) is 5.56 Å². The molecule has 0 atom stereocenters. The fraction of sp³-hybridized carbons (Fsp3) is 0.118. The van der Waals surface area contributed by atoms with Crippen molar-refractivity contribution in [1.82, 2.24) is 0 Å². The predicted molar refractivity (Wildman–Crippen MR) is 88.2 cm³/mol. The Balaban J connectivity index is 2.59. The lowest BCUT2D eigenvalue weighted by atomic mass is 9.93. The molecule has 2 N–H and O–H groups in total. The summed E-state index contributed by atoms with van der Waals surface area (Å²) in [4.78, 5) is 35.4. The van der Waals surface area contributed by atoms with Gasteiger partial charge in [0.05, 0.1) is 4.90 Å². The minimum Gasteiger partial charge on any atom is -0.478 e. The highest BCUT2D eigenvalue weighted by Gasteiger charge is 2.59. The summed E-state index contributed by atoms with van der Waals surface area (Å²) in [5.41, 5.74) is -3.26. The Labute approximate surface area is 148 Å².